The van der Waals surface area contributed by atoms with Gasteiger partial charge in [-0.25, -0.2) is 0 Å². The second-order valence-electron chi connectivity index (χ2n) is 3.77. The Hall–Kier alpha value is -0.930. The van der Waals surface area contributed by atoms with Crippen molar-refractivity contribution >= 4 is 0 Å². The summed E-state index contributed by atoms with van der Waals surface area (Å²) in [5.74, 6) is 0. The van der Waals surface area contributed by atoms with Crippen LogP contribution in [0.5, 0.6) is 0 Å². The predicted molar refractivity (Wildman–Crippen MR) is 64.0 cm³/mol. The summed E-state index contributed by atoms with van der Waals surface area (Å²) < 4.78 is 0. The van der Waals surface area contributed by atoms with E-state index in [0.717, 1.165) is 32.6 Å². The van der Waals surface area contributed by atoms with E-state index in [4.69, 9.17) is 0 Å². The van der Waals surface area contributed by atoms with Crippen LogP contribution in [-0.4, -0.2) is 43.1 Å². The molecule has 1 heterocycles. The zero-order valence-corrected chi connectivity index (χ0v) is 9.74. The molecule has 3 heteroatoms. The zero-order chi connectivity index (χ0) is 10.9. The molecule has 0 atom stereocenters. The molecule has 0 aromatic carbocycles. The first-order valence-electron chi connectivity index (χ1n) is 5.61. The van der Waals surface area contributed by atoms with Gasteiger partial charge >= 0.3 is 0 Å². The van der Waals surface area contributed by atoms with E-state index in [1.165, 1.54) is 5.56 Å². The van der Waals surface area contributed by atoms with Gasteiger partial charge in [0.25, 0.3) is 0 Å². The van der Waals surface area contributed by atoms with Crippen LogP contribution in [0.3, 0.4) is 0 Å². The predicted octanol–water partition coefficient (Wildman–Crippen LogP) is 1.17. The zero-order valence-electron chi connectivity index (χ0n) is 9.74. The minimum Gasteiger partial charge on any atom is -0.316 e. The smallest absolute Gasteiger partial charge is 0.0300 e. The number of rotatable bonds is 7. The summed E-state index contributed by atoms with van der Waals surface area (Å²) in [7, 11) is 2.16. The summed E-state index contributed by atoms with van der Waals surface area (Å²) in [6.07, 6.45) is 4.84. The van der Waals surface area contributed by atoms with Crippen LogP contribution >= 0.6 is 0 Å². The van der Waals surface area contributed by atoms with Crippen molar-refractivity contribution in [3.8, 4) is 0 Å². The molecule has 0 amide bonds. The standard InChI is InChI=1S/C12H21N3/c1-3-13-8-10-15(2)9-6-12-5-4-7-14-11-12/h4-5,7,11,13H,3,6,8-10H2,1-2H3. The summed E-state index contributed by atoms with van der Waals surface area (Å²) in [5, 5.41) is 3.32. The van der Waals surface area contributed by atoms with Crippen molar-refractivity contribution in [1.82, 2.24) is 15.2 Å². The molecule has 84 valence electrons. The van der Waals surface area contributed by atoms with Gasteiger partial charge in [-0.05, 0) is 31.6 Å². The fraction of sp³-hybridized carbons (Fsp3) is 0.583. The summed E-state index contributed by atoms with van der Waals surface area (Å²) in [4.78, 5) is 6.45. The first-order chi connectivity index (χ1) is 7.33. The SMILES string of the molecule is CCNCCN(C)CCc1cccnc1. The highest BCUT2D eigenvalue weighted by Crippen LogP contribution is 1.97. The molecule has 0 bridgehead atoms. The van der Waals surface area contributed by atoms with Crippen molar-refractivity contribution in [1.29, 1.82) is 0 Å². The average molecular weight is 207 g/mol. The summed E-state index contributed by atoms with van der Waals surface area (Å²) in [5.41, 5.74) is 1.31. The molecule has 0 radical (unpaired) electrons. The van der Waals surface area contributed by atoms with E-state index >= 15 is 0 Å². The number of nitrogens with zero attached hydrogens (tertiary/aromatic N) is 2. The van der Waals surface area contributed by atoms with Gasteiger partial charge in [0.1, 0.15) is 0 Å². The molecule has 0 fully saturated rings. The van der Waals surface area contributed by atoms with Gasteiger partial charge in [0.05, 0.1) is 0 Å². The van der Waals surface area contributed by atoms with E-state index in [0.29, 0.717) is 0 Å². The number of hydrogen-bond acceptors (Lipinski definition) is 3. The Kier molecular flexibility index (Phi) is 5.97. The molecule has 0 aliphatic rings. The van der Waals surface area contributed by atoms with E-state index < -0.39 is 0 Å². The van der Waals surface area contributed by atoms with Crippen molar-refractivity contribution in [2.24, 2.45) is 0 Å². The molecule has 15 heavy (non-hydrogen) atoms. The maximum absolute atomic E-state index is 4.11. The van der Waals surface area contributed by atoms with Crippen LogP contribution in [0, 0.1) is 0 Å². The van der Waals surface area contributed by atoms with Gasteiger partial charge < -0.3 is 10.2 Å². The van der Waals surface area contributed by atoms with Crippen LogP contribution in [-0.2, 0) is 6.42 Å². The van der Waals surface area contributed by atoms with Crippen LogP contribution in [0.4, 0.5) is 0 Å². The van der Waals surface area contributed by atoms with E-state index in [9.17, 15) is 0 Å². The number of pyridine rings is 1. The fourth-order valence-electron chi connectivity index (χ4n) is 1.42. The first kappa shape index (κ1) is 12.1. The van der Waals surface area contributed by atoms with E-state index in [1.54, 1.807) is 0 Å². The van der Waals surface area contributed by atoms with Crippen molar-refractivity contribution in [3.05, 3.63) is 30.1 Å². The molecule has 0 spiro atoms. The summed E-state index contributed by atoms with van der Waals surface area (Å²) >= 11 is 0. The van der Waals surface area contributed by atoms with Crippen LogP contribution in [0.2, 0.25) is 0 Å². The molecular weight excluding hydrogens is 186 g/mol. The Morgan fingerprint density at radius 2 is 2.27 bits per heavy atom. The maximum atomic E-state index is 4.11. The third kappa shape index (κ3) is 5.50. The Bertz CT molecular complexity index is 248. The molecule has 0 saturated heterocycles. The highest BCUT2D eigenvalue weighted by molar-refractivity contribution is 5.08. The Labute approximate surface area is 92.5 Å². The lowest BCUT2D eigenvalue weighted by Crippen LogP contribution is -2.30. The minimum absolute atomic E-state index is 1.05. The Balaban J connectivity index is 2.14. The van der Waals surface area contributed by atoms with Gasteiger partial charge in [-0.15, -0.1) is 0 Å². The summed E-state index contributed by atoms with van der Waals surface area (Å²) in [6, 6.07) is 4.12. The number of likely N-dealkylation sites (N-methyl/N-ethyl adjacent to an activating group) is 2. The van der Waals surface area contributed by atoms with Crippen LogP contribution in [0.25, 0.3) is 0 Å². The fourth-order valence-corrected chi connectivity index (χ4v) is 1.42. The van der Waals surface area contributed by atoms with E-state index in [-0.39, 0.29) is 0 Å². The normalized spacial score (nSPS) is 10.9. The van der Waals surface area contributed by atoms with Crippen molar-refractivity contribution in [3.63, 3.8) is 0 Å². The first-order valence-corrected chi connectivity index (χ1v) is 5.61. The Morgan fingerprint density at radius 3 is 2.93 bits per heavy atom. The van der Waals surface area contributed by atoms with Crippen LogP contribution < -0.4 is 5.32 Å². The van der Waals surface area contributed by atoms with Crippen LogP contribution in [0.1, 0.15) is 12.5 Å². The topological polar surface area (TPSA) is 28.2 Å². The third-order valence-electron chi connectivity index (χ3n) is 2.43. The monoisotopic (exact) mass is 207 g/mol. The quantitative estimate of drug-likeness (QED) is 0.680. The molecule has 0 unspecified atom stereocenters. The Morgan fingerprint density at radius 1 is 1.40 bits per heavy atom. The van der Waals surface area contributed by atoms with Crippen molar-refractivity contribution in [2.45, 2.75) is 13.3 Å². The van der Waals surface area contributed by atoms with Gasteiger partial charge in [-0.2, -0.15) is 0 Å². The second kappa shape index (κ2) is 7.37. The molecule has 1 rings (SSSR count). The number of aromatic nitrogens is 1. The average Bonchev–Trinajstić information content (AvgIpc) is 2.28. The lowest BCUT2D eigenvalue weighted by Gasteiger charge is -2.16. The van der Waals surface area contributed by atoms with E-state index in [2.05, 4.69) is 35.2 Å². The lowest BCUT2D eigenvalue weighted by atomic mass is 10.2. The van der Waals surface area contributed by atoms with Gasteiger partial charge in [0, 0.05) is 32.0 Å². The van der Waals surface area contributed by atoms with Gasteiger partial charge in [-0.1, -0.05) is 13.0 Å². The highest BCUT2D eigenvalue weighted by atomic mass is 15.1. The highest BCUT2D eigenvalue weighted by Gasteiger charge is 1.98. The molecule has 0 saturated carbocycles. The molecule has 1 N–H and O–H groups in total. The van der Waals surface area contributed by atoms with Gasteiger partial charge in [-0.3, -0.25) is 4.98 Å². The second-order valence-corrected chi connectivity index (χ2v) is 3.77. The molecule has 1 aromatic rings. The minimum atomic E-state index is 1.05. The van der Waals surface area contributed by atoms with Crippen molar-refractivity contribution < 1.29 is 0 Å². The molecule has 0 aliphatic heterocycles. The number of nitrogens with one attached hydrogen (secondary N) is 1. The van der Waals surface area contributed by atoms with Crippen LogP contribution in [0.15, 0.2) is 24.5 Å². The summed E-state index contributed by atoms with van der Waals surface area (Å²) in [6.45, 7) is 6.46. The van der Waals surface area contributed by atoms with E-state index in [1.807, 2.05) is 18.5 Å². The van der Waals surface area contributed by atoms with Gasteiger partial charge in [0.2, 0.25) is 0 Å². The molecule has 0 aliphatic carbocycles. The molecule has 1 aromatic heterocycles. The van der Waals surface area contributed by atoms with Crippen molar-refractivity contribution in [2.75, 3.05) is 33.2 Å². The maximum Gasteiger partial charge on any atom is 0.0300 e. The lowest BCUT2D eigenvalue weighted by molar-refractivity contribution is 0.337. The molecule has 3 nitrogen and oxygen atoms in total. The van der Waals surface area contributed by atoms with Gasteiger partial charge in [0.15, 0.2) is 0 Å². The number of hydrogen-bond donors (Lipinski definition) is 1. The molecular formula is C12H21N3. The largest absolute Gasteiger partial charge is 0.316 e. The third-order valence-corrected chi connectivity index (χ3v) is 2.43.